The number of carbonyl (C=O) groups excluding carboxylic acids is 3. The Labute approximate surface area is 488 Å². The summed E-state index contributed by atoms with van der Waals surface area (Å²) in [6, 6.07) is -5.22. The van der Waals surface area contributed by atoms with Crippen LogP contribution in [0.15, 0.2) is 0 Å². The quantitative estimate of drug-likeness (QED) is 0.0507. The van der Waals surface area contributed by atoms with Gasteiger partial charge >= 0.3 is 0 Å². The van der Waals surface area contributed by atoms with Crippen molar-refractivity contribution in [3.8, 4) is 0 Å². The Morgan fingerprint density at radius 1 is 0.326 bits per heavy atom. The smallest absolute Gasteiger partial charge is 0.217 e. The lowest BCUT2D eigenvalue weighted by atomic mass is 9.93. The topological polar surface area (TPSA) is 592 Å². The zero-order valence-corrected chi connectivity index (χ0v) is 46.5. The molecule has 0 aromatic rings. The number of rotatable bonds is 21. The maximum atomic E-state index is 13.1. The molecule has 3 amide bonds. The third-order valence-electron chi connectivity index (χ3n) is 15.7. The summed E-state index contributed by atoms with van der Waals surface area (Å²) >= 11 is 0. The zero-order chi connectivity index (χ0) is 63.5. The molecule has 38 heteroatoms. The van der Waals surface area contributed by atoms with E-state index in [2.05, 4.69) is 16.0 Å². The fourth-order valence-electron chi connectivity index (χ4n) is 11.0. The van der Waals surface area contributed by atoms with Gasteiger partial charge in [-0.15, -0.1) is 0 Å². The van der Waals surface area contributed by atoms with E-state index in [1.54, 1.807) is 0 Å². The first-order valence-corrected chi connectivity index (χ1v) is 27.5. The summed E-state index contributed by atoms with van der Waals surface area (Å²) in [5, 5.41) is 213. The standard InChI is InChI=1S/C48H81N3O35/c1-11-24(60)30(66)33(69)45(75-11)83-38-19(9-56)81-44(23(51-14(4)59)40(38)85-47-35(71)32(68)26(62)16(6-53)78-47)86-41-27(63)17(7-54)79-48(36(41)72)82-37-18(8-55)80-43(21(29(37)65)49-12(2)57)74-10-20-28(64)39(22(42(73)76-20)50-13(3)58)84-46-34(70)31(67)25(61)15(5-52)77-46/h11,15-48,52-56,60-73H,5-10H2,1-4H3,(H,49,57)(H,50,58)(H,51,59)/t11-,15+,16+,17+,18+,19+,20+,21+,22+,23+,24+,25-,26-,27-,28-,29+,30+,31-,32-,33-,34+,35+,36+,37+,38+,39+,40+,41-,42?,43+,44-,45-,46-,47-,48-/m0/s1. The van der Waals surface area contributed by atoms with E-state index in [1.807, 2.05) is 0 Å². The Hall–Kier alpha value is -2.87. The van der Waals surface area contributed by atoms with E-state index in [4.69, 9.17) is 61.6 Å². The minimum atomic E-state index is -2.29. The summed E-state index contributed by atoms with van der Waals surface area (Å²) in [7, 11) is 0. The second-order valence-electron chi connectivity index (χ2n) is 21.8. The van der Waals surface area contributed by atoms with Crippen LogP contribution in [0, 0.1) is 0 Å². The first kappa shape index (κ1) is 70.6. The third kappa shape index (κ3) is 15.4. The molecule has 7 aliphatic rings. The minimum Gasteiger partial charge on any atom is -0.394 e. The molecule has 38 nitrogen and oxygen atoms in total. The molecule has 7 aliphatic heterocycles. The third-order valence-corrected chi connectivity index (χ3v) is 15.7. The van der Waals surface area contributed by atoms with E-state index in [-0.39, 0.29) is 0 Å². The highest BCUT2D eigenvalue weighted by atomic mass is 16.8. The summed E-state index contributed by atoms with van der Waals surface area (Å²) in [4.78, 5) is 38.0. The molecule has 0 aliphatic carbocycles. The van der Waals surface area contributed by atoms with Crippen LogP contribution in [-0.4, -0.2) is 369 Å². The van der Waals surface area contributed by atoms with Crippen molar-refractivity contribution < 1.29 is 173 Å². The number of aliphatic hydroxyl groups excluding tert-OH is 19. The molecule has 0 saturated carbocycles. The Kier molecular flexibility index (Phi) is 25.0. The number of ether oxygens (including phenoxy) is 13. The number of carbonyl (C=O) groups is 3. The molecule has 22 N–H and O–H groups in total. The molecular formula is C48H81N3O35. The molecule has 7 fully saturated rings. The molecule has 0 bridgehead atoms. The van der Waals surface area contributed by atoms with Crippen LogP contribution in [0.1, 0.15) is 27.7 Å². The summed E-state index contributed by atoms with van der Waals surface area (Å²) in [6.45, 7) is -1.56. The van der Waals surface area contributed by atoms with E-state index in [1.165, 1.54) is 6.92 Å². The highest BCUT2D eigenvalue weighted by Gasteiger charge is 2.59. The number of aliphatic hydroxyl groups is 19. The summed E-state index contributed by atoms with van der Waals surface area (Å²) < 4.78 is 75.9. The van der Waals surface area contributed by atoms with E-state index in [9.17, 15) is 111 Å². The van der Waals surface area contributed by atoms with Gasteiger partial charge in [0.15, 0.2) is 44.0 Å². The van der Waals surface area contributed by atoms with Gasteiger partial charge in [0, 0.05) is 20.8 Å². The molecule has 0 aromatic heterocycles. The predicted octanol–water partition coefficient (Wildman–Crippen LogP) is -14.8. The molecule has 35 atom stereocenters. The summed E-state index contributed by atoms with van der Waals surface area (Å²) in [5.74, 6) is -2.52. The van der Waals surface area contributed by atoms with Crippen LogP contribution in [0.3, 0.4) is 0 Å². The fourth-order valence-corrected chi connectivity index (χ4v) is 11.0. The van der Waals surface area contributed by atoms with Gasteiger partial charge in [-0.2, -0.15) is 0 Å². The lowest BCUT2D eigenvalue weighted by Gasteiger charge is -2.52. The maximum Gasteiger partial charge on any atom is 0.217 e. The molecule has 0 spiro atoms. The Morgan fingerprint density at radius 2 is 0.698 bits per heavy atom. The van der Waals surface area contributed by atoms with Gasteiger partial charge in [-0.25, -0.2) is 0 Å². The lowest BCUT2D eigenvalue weighted by Crippen LogP contribution is -2.71. The Bertz CT molecular complexity index is 2170. The highest BCUT2D eigenvalue weighted by Crippen LogP contribution is 2.38. The fraction of sp³-hybridized carbons (Fsp3) is 0.938. The van der Waals surface area contributed by atoms with Crippen LogP contribution >= 0.6 is 0 Å². The van der Waals surface area contributed by atoms with Crippen molar-refractivity contribution in [1.82, 2.24) is 16.0 Å². The van der Waals surface area contributed by atoms with E-state index in [0.29, 0.717) is 0 Å². The molecule has 498 valence electrons. The van der Waals surface area contributed by atoms with Crippen LogP contribution in [0.5, 0.6) is 0 Å². The number of nitrogens with one attached hydrogen (secondary N) is 3. The first-order valence-electron chi connectivity index (χ1n) is 27.5. The largest absolute Gasteiger partial charge is 0.394 e. The number of hydrogen-bond donors (Lipinski definition) is 22. The van der Waals surface area contributed by atoms with Crippen molar-refractivity contribution in [2.24, 2.45) is 0 Å². The Morgan fingerprint density at radius 3 is 1.21 bits per heavy atom. The molecular weight excluding hydrogens is 1180 g/mol. The molecule has 0 aromatic carbocycles. The van der Waals surface area contributed by atoms with E-state index in [0.717, 1.165) is 20.8 Å². The van der Waals surface area contributed by atoms with Crippen LogP contribution < -0.4 is 16.0 Å². The number of hydrogen-bond acceptors (Lipinski definition) is 35. The van der Waals surface area contributed by atoms with Crippen LogP contribution in [-0.2, 0) is 76.0 Å². The van der Waals surface area contributed by atoms with E-state index >= 15 is 0 Å². The maximum absolute atomic E-state index is 13.1. The van der Waals surface area contributed by atoms with Crippen LogP contribution in [0.2, 0.25) is 0 Å². The van der Waals surface area contributed by atoms with Crippen molar-refractivity contribution in [2.75, 3.05) is 39.6 Å². The van der Waals surface area contributed by atoms with Crippen molar-refractivity contribution in [2.45, 2.75) is 242 Å². The highest BCUT2D eigenvalue weighted by molar-refractivity contribution is 5.74. The monoisotopic (exact) mass is 1260 g/mol. The normalized spacial score (nSPS) is 49.4. The van der Waals surface area contributed by atoms with Gasteiger partial charge in [0.2, 0.25) is 17.7 Å². The molecule has 1 unspecified atom stereocenters. The van der Waals surface area contributed by atoms with Gasteiger partial charge < -0.3 is 175 Å². The number of amides is 3. The molecule has 7 saturated heterocycles. The second-order valence-corrected chi connectivity index (χ2v) is 21.8. The molecule has 86 heavy (non-hydrogen) atoms. The minimum absolute atomic E-state index is 0.774. The van der Waals surface area contributed by atoms with Gasteiger partial charge in [-0.05, 0) is 6.92 Å². The van der Waals surface area contributed by atoms with Crippen molar-refractivity contribution >= 4 is 17.7 Å². The Balaban J connectivity index is 1.13. The van der Waals surface area contributed by atoms with Gasteiger partial charge in [-0.1, -0.05) is 0 Å². The summed E-state index contributed by atoms with van der Waals surface area (Å²) in [6.07, 6.45) is -60.7. The van der Waals surface area contributed by atoms with Gasteiger partial charge in [0.05, 0.1) is 45.7 Å². The lowest BCUT2D eigenvalue weighted by molar-refractivity contribution is -0.390. The van der Waals surface area contributed by atoms with Gasteiger partial charge in [0.25, 0.3) is 0 Å². The van der Waals surface area contributed by atoms with Gasteiger partial charge in [-0.3, -0.25) is 14.4 Å². The van der Waals surface area contributed by atoms with Gasteiger partial charge in [0.1, 0.15) is 165 Å². The van der Waals surface area contributed by atoms with Crippen molar-refractivity contribution in [3.05, 3.63) is 0 Å². The molecule has 0 radical (unpaired) electrons. The summed E-state index contributed by atoms with van der Waals surface area (Å²) in [5.41, 5.74) is 0. The SMILES string of the molecule is CC(=O)N[C@H]1[C@H](OC[C@H]2OC(O)[C@H](NC(C)=O)[C@@H](O[C@@H]3O[C@H](CO)[C@H](O)[C@H](O)[C@H]3O)[C@H]2O)O[C@H](CO)[C@@H](O[C@@H]2O[C@H](CO)[C@H](O)[C@H](O[C@@H]3O[C@H](CO)[C@@H](O[C@@H]4O[C@@H](C)[C@@H](O)[C@@H](O)[C@@H]4O)[C@H](O[C@@H]4O[C@H](CO)[C@H](O)[C@H](O)[C@H]4O)[C@H]3NC(C)=O)[C@H]2O)[C@@H]1O. The van der Waals surface area contributed by atoms with E-state index < -0.39 is 272 Å². The zero-order valence-electron chi connectivity index (χ0n) is 46.5. The van der Waals surface area contributed by atoms with Crippen molar-refractivity contribution in [1.29, 1.82) is 0 Å². The van der Waals surface area contributed by atoms with Crippen LogP contribution in [0.25, 0.3) is 0 Å². The average Bonchev–Trinajstić information content (AvgIpc) is 0.927. The van der Waals surface area contributed by atoms with Crippen molar-refractivity contribution in [3.63, 3.8) is 0 Å². The predicted molar refractivity (Wildman–Crippen MR) is 265 cm³/mol. The molecule has 7 rings (SSSR count). The first-order chi connectivity index (χ1) is 40.6. The van der Waals surface area contributed by atoms with Crippen LogP contribution in [0.4, 0.5) is 0 Å². The average molecular weight is 1260 g/mol. The molecule has 7 heterocycles. The second kappa shape index (κ2) is 30.5.